The SMILES string of the molecule is CC(=O)c1ccc(S(=O)(=O)NCCC(=O)Nc2ccc(C)c(C)c2)cc1. The van der Waals surface area contributed by atoms with Crippen LogP contribution in [0.15, 0.2) is 47.4 Å². The van der Waals surface area contributed by atoms with Crippen LogP contribution in [0.1, 0.15) is 34.8 Å². The predicted molar refractivity (Wildman–Crippen MR) is 101 cm³/mol. The molecule has 0 aliphatic heterocycles. The summed E-state index contributed by atoms with van der Waals surface area (Å²) in [6.07, 6.45) is 0.0116. The van der Waals surface area contributed by atoms with E-state index >= 15 is 0 Å². The van der Waals surface area contributed by atoms with Crippen LogP contribution in [0.25, 0.3) is 0 Å². The Labute approximate surface area is 153 Å². The standard InChI is InChI=1S/C19H22N2O4S/c1-13-4-7-17(12-14(13)2)21-19(23)10-11-20-26(24,25)18-8-5-16(6-9-18)15(3)22/h4-9,12,20H,10-11H2,1-3H3,(H,21,23). The minimum Gasteiger partial charge on any atom is -0.326 e. The molecule has 0 saturated heterocycles. The quantitative estimate of drug-likeness (QED) is 0.729. The molecule has 2 aromatic rings. The van der Waals surface area contributed by atoms with Crippen LogP contribution in [0.5, 0.6) is 0 Å². The Bertz CT molecular complexity index is 919. The second-order valence-electron chi connectivity index (χ2n) is 6.08. The lowest BCUT2D eigenvalue weighted by molar-refractivity contribution is -0.116. The summed E-state index contributed by atoms with van der Waals surface area (Å²) in [6, 6.07) is 11.3. The molecule has 138 valence electrons. The lowest BCUT2D eigenvalue weighted by atomic mass is 10.1. The van der Waals surface area contributed by atoms with Crippen molar-refractivity contribution in [1.29, 1.82) is 0 Å². The Morgan fingerprint density at radius 2 is 1.62 bits per heavy atom. The molecule has 2 aromatic carbocycles. The maximum absolute atomic E-state index is 12.2. The third-order valence-corrected chi connectivity index (χ3v) is 5.48. The van der Waals surface area contributed by atoms with Gasteiger partial charge in [0.25, 0.3) is 0 Å². The number of anilines is 1. The first-order valence-corrected chi connectivity index (χ1v) is 9.65. The molecule has 0 atom stereocenters. The largest absolute Gasteiger partial charge is 0.326 e. The molecular weight excluding hydrogens is 352 g/mol. The van der Waals surface area contributed by atoms with Crippen LogP contribution in [0.4, 0.5) is 5.69 Å². The summed E-state index contributed by atoms with van der Waals surface area (Å²) in [7, 11) is -3.72. The number of carbonyl (C=O) groups is 2. The number of carbonyl (C=O) groups excluding carboxylic acids is 2. The smallest absolute Gasteiger partial charge is 0.240 e. The number of rotatable bonds is 7. The van der Waals surface area contributed by atoms with Gasteiger partial charge in [0.2, 0.25) is 15.9 Å². The molecule has 0 spiro atoms. The number of nitrogens with one attached hydrogen (secondary N) is 2. The van der Waals surface area contributed by atoms with Crippen molar-refractivity contribution in [3.8, 4) is 0 Å². The van der Waals surface area contributed by atoms with E-state index in [4.69, 9.17) is 0 Å². The number of aryl methyl sites for hydroxylation is 2. The maximum Gasteiger partial charge on any atom is 0.240 e. The number of Topliss-reactive ketones (excluding diaryl/α,β-unsaturated/α-hetero) is 1. The van der Waals surface area contributed by atoms with Gasteiger partial charge < -0.3 is 5.32 Å². The number of sulfonamides is 1. The van der Waals surface area contributed by atoms with Crippen molar-refractivity contribution in [3.05, 3.63) is 59.2 Å². The average Bonchev–Trinajstić information content (AvgIpc) is 2.58. The Kier molecular flexibility index (Phi) is 6.28. The van der Waals surface area contributed by atoms with E-state index in [0.29, 0.717) is 11.3 Å². The lowest BCUT2D eigenvalue weighted by Gasteiger charge is -2.09. The van der Waals surface area contributed by atoms with Gasteiger partial charge in [0, 0.05) is 24.2 Å². The average molecular weight is 374 g/mol. The molecule has 0 unspecified atom stereocenters. The first-order valence-electron chi connectivity index (χ1n) is 8.17. The van der Waals surface area contributed by atoms with Gasteiger partial charge in [0.15, 0.2) is 5.78 Å². The minimum atomic E-state index is -3.72. The summed E-state index contributed by atoms with van der Waals surface area (Å²) >= 11 is 0. The Morgan fingerprint density at radius 1 is 0.962 bits per heavy atom. The van der Waals surface area contributed by atoms with Crippen molar-refractivity contribution in [1.82, 2.24) is 4.72 Å². The molecule has 0 bridgehead atoms. The van der Waals surface area contributed by atoms with Gasteiger partial charge in [-0.15, -0.1) is 0 Å². The van der Waals surface area contributed by atoms with Crippen molar-refractivity contribution in [2.45, 2.75) is 32.1 Å². The number of hydrogen-bond donors (Lipinski definition) is 2. The third-order valence-electron chi connectivity index (χ3n) is 4.01. The van der Waals surface area contributed by atoms with Crippen LogP contribution in [-0.4, -0.2) is 26.7 Å². The van der Waals surface area contributed by atoms with Crippen LogP contribution in [0, 0.1) is 13.8 Å². The Balaban J connectivity index is 1.90. The summed E-state index contributed by atoms with van der Waals surface area (Å²) in [5.41, 5.74) is 3.32. The first kappa shape index (κ1) is 19.8. The Morgan fingerprint density at radius 3 is 2.19 bits per heavy atom. The van der Waals surface area contributed by atoms with Crippen LogP contribution < -0.4 is 10.0 Å². The zero-order chi connectivity index (χ0) is 19.3. The van der Waals surface area contributed by atoms with Crippen molar-refractivity contribution in [3.63, 3.8) is 0 Å². The van der Waals surface area contributed by atoms with E-state index in [1.165, 1.54) is 31.2 Å². The number of hydrogen-bond acceptors (Lipinski definition) is 4. The monoisotopic (exact) mass is 374 g/mol. The number of ketones is 1. The molecule has 1 amide bonds. The van der Waals surface area contributed by atoms with Crippen molar-refractivity contribution >= 4 is 27.4 Å². The van der Waals surface area contributed by atoms with Gasteiger partial charge in [-0.25, -0.2) is 13.1 Å². The van der Waals surface area contributed by atoms with E-state index in [1.54, 1.807) is 6.07 Å². The lowest BCUT2D eigenvalue weighted by Crippen LogP contribution is -2.27. The van der Waals surface area contributed by atoms with Gasteiger partial charge in [0.1, 0.15) is 0 Å². The highest BCUT2D eigenvalue weighted by molar-refractivity contribution is 7.89. The molecule has 6 nitrogen and oxygen atoms in total. The molecule has 0 heterocycles. The fourth-order valence-corrected chi connectivity index (χ4v) is 3.33. The van der Waals surface area contributed by atoms with Crippen molar-refractivity contribution < 1.29 is 18.0 Å². The third kappa shape index (κ3) is 5.24. The van der Waals surface area contributed by atoms with Gasteiger partial charge in [-0.2, -0.15) is 0 Å². The summed E-state index contributed by atoms with van der Waals surface area (Å²) < 4.78 is 26.8. The minimum absolute atomic E-state index is 0.0116. The first-order chi connectivity index (χ1) is 12.2. The van der Waals surface area contributed by atoms with Crippen molar-refractivity contribution in [2.75, 3.05) is 11.9 Å². The highest BCUT2D eigenvalue weighted by Crippen LogP contribution is 2.14. The summed E-state index contributed by atoms with van der Waals surface area (Å²) in [5.74, 6) is -0.409. The fourth-order valence-electron chi connectivity index (χ4n) is 2.29. The molecule has 0 radical (unpaired) electrons. The van der Waals surface area contributed by atoms with Gasteiger partial charge in [-0.3, -0.25) is 9.59 Å². The summed E-state index contributed by atoms with van der Waals surface area (Å²) in [4.78, 5) is 23.3. The summed E-state index contributed by atoms with van der Waals surface area (Å²) in [5, 5.41) is 2.74. The zero-order valence-electron chi connectivity index (χ0n) is 15.0. The molecule has 0 aliphatic rings. The van der Waals surface area contributed by atoms with Gasteiger partial charge in [-0.1, -0.05) is 18.2 Å². The fraction of sp³-hybridized carbons (Fsp3) is 0.263. The second kappa shape index (κ2) is 8.25. The van der Waals surface area contributed by atoms with Crippen LogP contribution >= 0.6 is 0 Å². The molecule has 26 heavy (non-hydrogen) atoms. The molecule has 7 heteroatoms. The van der Waals surface area contributed by atoms with E-state index in [0.717, 1.165) is 11.1 Å². The molecule has 2 N–H and O–H groups in total. The molecule has 0 aromatic heterocycles. The van der Waals surface area contributed by atoms with E-state index in [9.17, 15) is 18.0 Å². The van der Waals surface area contributed by atoms with Gasteiger partial charge >= 0.3 is 0 Å². The molecule has 2 rings (SSSR count). The van der Waals surface area contributed by atoms with E-state index in [-0.39, 0.29) is 29.6 Å². The van der Waals surface area contributed by atoms with E-state index < -0.39 is 10.0 Å². The Hall–Kier alpha value is -2.51. The normalized spacial score (nSPS) is 11.2. The van der Waals surface area contributed by atoms with Gasteiger partial charge in [0.05, 0.1) is 4.90 Å². The van der Waals surface area contributed by atoms with Crippen LogP contribution in [0.2, 0.25) is 0 Å². The van der Waals surface area contributed by atoms with Crippen LogP contribution in [-0.2, 0) is 14.8 Å². The van der Waals surface area contributed by atoms with Gasteiger partial charge in [-0.05, 0) is 56.2 Å². The summed E-state index contributed by atoms with van der Waals surface area (Å²) in [6.45, 7) is 5.33. The predicted octanol–water partition coefficient (Wildman–Crippen LogP) is 2.81. The molecule has 0 saturated carbocycles. The second-order valence-corrected chi connectivity index (χ2v) is 7.84. The van der Waals surface area contributed by atoms with Crippen LogP contribution in [0.3, 0.4) is 0 Å². The molecule has 0 aliphatic carbocycles. The maximum atomic E-state index is 12.2. The van der Waals surface area contributed by atoms with E-state index in [1.807, 2.05) is 26.0 Å². The molecular formula is C19H22N2O4S. The number of benzene rings is 2. The number of amides is 1. The highest BCUT2D eigenvalue weighted by atomic mass is 32.2. The molecule has 0 fully saturated rings. The van der Waals surface area contributed by atoms with Crippen molar-refractivity contribution in [2.24, 2.45) is 0 Å². The van der Waals surface area contributed by atoms with E-state index in [2.05, 4.69) is 10.0 Å². The topological polar surface area (TPSA) is 92.3 Å². The zero-order valence-corrected chi connectivity index (χ0v) is 15.8. The highest BCUT2D eigenvalue weighted by Gasteiger charge is 2.14.